The molecule has 4 atom stereocenters. The van der Waals surface area contributed by atoms with Crippen LogP contribution >= 0.6 is 0 Å². The highest BCUT2D eigenvalue weighted by atomic mass is 16.7. The largest absolute Gasteiger partial charge is 0.469 e. The van der Waals surface area contributed by atoms with E-state index >= 15 is 0 Å². The summed E-state index contributed by atoms with van der Waals surface area (Å²) in [6, 6.07) is 0. The minimum Gasteiger partial charge on any atom is -0.469 e. The molecule has 6 nitrogen and oxygen atoms in total. The second-order valence-corrected chi connectivity index (χ2v) is 7.07. The van der Waals surface area contributed by atoms with Crippen LogP contribution in [0.4, 0.5) is 0 Å². The Kier molecular flexibility index (Phi) is 4.97. The molecule has 1 unspecified atom stereocenters. The predicted octanol–water partition coefficient (Wildman–Crippen LogP) is 2.11. The van der Waals surface area contributed by atoms with Gasteiger partial charge < -0.3 is 23.7 Å². The summed E-state index contributed by atoms with van der Waals surface area (Å²) in [6.45, 7) is 3.67. The molecular weight excluding hydrogens is 300 g/mol. The Labute approximate surface area is 137 Å². The second kappa shape index (κ2) is 6.67. The van der Waals surface area contributed by atoms with Crippen molar-refractivity contribution in [2.24, 2.45) is 17.3 Å². The Morgan fingerprint density at radius 1 is 1.17 bits per heavy atom. The number of esters is 1. The van der Waals surface area contributed by atoms with E-state index in [1.54, 1.807) is 7.11 Å². The standard InChI is InChI=1S/C17H28O6/c1-16-8-6-13(21-11-19-2)14(15(18)20-3)12(16)5-4-7-17(16)22-9-10-23-17/h12-14H,4-11H2,1-3H3/t12-,13?,14-,16-/m1/s1. The summed E-state index contributed by atoms with van der Waals surface area (Å²) in [5, 5.41) is 0. The van der Waals surface area contributed by atoms with Crippen molar-refractivity contribution in [3.05, 3.63) is 0 Å². The molecule has 0 radical (unpaired) electrons. The minimum absolute atomic E-state index is 0.136. The highest BCUT2D eigenvalue weighted by Crippen LogP contribution is 2.60. The molecule has 1 spiro atoms. The Balaban J connectivity index is 1.90. The van der Waals surface area contributed by atoms with Crippen molar-refractivity contribution in [3.8, 4) is 0 Å². The first kappa shape index (κ1) is 17.1. The molecule has 3 aliphatic rings. The van der Waals surface area contributed by atoms with Gasteiger partial charge in [0.1, 0.15) is 6.79 Å². The lowest BCUT2D eigenvalue weighted by atomic mass is 9.53. The van der Waals surface area contributed by atoms with Crippen molar-refractivity contribution in [3.63, 3.8) is 0 Å². The Hall–Kier alpha value is -0.690. The number of carbonyl (C=O) groups excluding carboxylic acids is 1. The smallest absolute Gasteiger partial charge is 0.311 e. The van der Waals surface area contributed by atoms with Gasteiger partial charge in [0.2, 0.25) is 0 Å². The molecule has 0 bridgehead atoms. The van der Waals surface area contributed by atoms with Crippen LogP contribution in [0.25, 0.3) is 0 Å². The van der Waals surface area contributed by atoms with Gasteiger partial charge in [0, 0.05) is 18.9 Å². The van der Waals surface area contributed by atoms with E-state index in [2.05, 4.69) is 6.92 Å². The van der Waals surface area contributed by atoms with Gasteiger partial charge in [-0.05, 0) is 31.6 Å². The first-order chi connectivity index (χ1) is 11.1. The fourth-order valence-corrected chi connectivity index (χ4v) is 5.00. The number of hydrogen-bond donors (Lipinski definition) is 0. The van der Waals surface area contributed by atoms with Crippen LogP contribution in [0.5, 0.6) is 0 Å². The molecule has 3 rings (SSSR count). The van der Waals surface area contributed by atoms with Gasteiger partial charge in [-0.25, -0.2) is 0 Å². The van der Waals surface area contributed by atoms with Crippen molar-refractivity contribution in [1.82, 2.24) is 0 Å². The highest BCUT2D eigenvalue weighted by molar-refractivity contribution is 5.73. The third-order valence-electron chi connectivity index (χ3n) is 6.12. The maximum Gasteiger partial charge on any atom is 0.311 e. The summed E-state index contributed by atoms with van der Waals surface area (Å²) in [5.74, 6) is -0.901. The molecular formula is C17H28O6. The molecule has 0 aromatic rings. The minimum atomic E-state index is -0.547. The normalized spacial score (nSPS) is 39.2. The molecule has 1 heterocycles. The summed E-state index contributed by atoms with van der Waals surface area (Å²) in [5.41, 5.74) is -0.187. The van der Waals surface area contributed by atoms with E-state index in [1.165, 1.54) is 7.11 Å². The third-order valence-corrected chi connectivity index (χ3v) is 6.12. The van der Waals surface area contributed by atoms with Crippen molar-refractivity contribution >= 4 is 5.97 Å². The molecule has 3 fully saturated rings. The van der Waals surface area contributed by atoms with E-state index in [9.17, 15) is 4.79 Å². The Morgan fingerprint density at radius 2 is 1.91 bits per heavy atom. The lowest BCUT2D eigenvalue weighted by Crippen LogP contribution is -2.61. The lowest BCUT2D eigenvalue weighted by molar-refractivity contribution is -0.292. The van der Waals surface area contributed by atoms with Crippen LogP contribution in [-0.2, 0) is 28.5 Å². The number of methoxy groups -OCH3 is 2. The van der Waals surface area contributed by atoms with Crippen LogP contribution in [0, 0.1) is 17.3 Å². The van der Waals surface area contributed by atoms with E-state index in [1.807, 2.05) is 0 Å². The zero-order valence-electron chi connectivity index (χ0n) is 14.3. The van der Waals surface area contributed by atoms with Crippen molar-refractivity contribution in [2.45, 2.75) is 50.9 Å². The molecule has 2 aliphatic carbocycles. The fourth-order valence-electron chi connectivity index (χ4n) is 5.00. The maximum absolute atomic E-state index is 12.5. The summed E-state index contributed by atoms with van der Waals surface area (Å²) in [7, 11) is 3.04. The van der Waals surface area contributed by atoms with Gasteiger partial charge in [0.05, 0.1) is 32.3 Å². The highest BCUT2D eigenvalue weighted by Gasteiger charge is 2.64. The number of ether oxygens (including phenoxy) is 5. The molecule has 23 heavy (non-hydrogen) atoms. The third kappa shape index (κ3) is 2.69. The second-order valence-electron chi connectivity index (χ2n) is 7.07. The van der Waals surface area contributed by atoms with Crippen LogP contribution in [0.1, 0.15) is 39.0 Å². The van der Waals surface area contributed by atoms with Crippen LogP contribution in [0.3, 0.4) is 0 Å². The molecule has 0 amide bonds. The van der Waals surface area contributed by atoms with E-state index in [-0.39, 0.29) is 36.1 Å². The van der Waals surface area contributed by atoms with Gasteiger partial charge in [0.15, 0.2) is 5.79 Å². The van der Waals surface area contributed by atoms with Crippen LogP contribution < -0.4 is 0 Å². The van der Waals surface area contributed by atoms with Gasteiger partial charge in [0.25, 0.3) is 0 Å². The van der Waals surface area contributed by atoms with E-state index < -0.39 is 5.79 Å². The summed E-state index contributed by atoms with van der Waals surface area (Å²) in [6.07, 6.45) is 4.39. The number of carbonyl (C=O) groups is 1. The van der Waals surface area contributed by atoms with Gasteiger partial charge in [-0.2, -0.15) is 0 Å². The monoisotopic (exact) mass is 328 g/mol. The molecule has 0 N–H and O–H groups in total. The van der Waals surface area contributed by atoms with Gasteiger partial charge in [-0.1, -0.05) is 6.92 Å². The number of rotatable bonds is 4. The molecule has 1 saturated heterocycles. The SMILES string of the molecule is COCOC1CC[C@]2(C)[C@H](CCCC23OCCO3)[C@H]1C(=O)OC. The Morgan fingerprint density at radius 3 is 2.57 bits per heavy atom. The summed E-state index contributed by atoms with van der Waals surface area (Å²) >= 11 is 0. The zero-order chi connectivity index (χ0) is 16.5. The van der Waals surface area contributed by atoms with E-state index in [0.717, 1.165) is 32.1 Å². The van der Waals surface area contributed by atoms with Crippen LogP contribution in [0.2, 0.25) is 0 Å². The summed E-state index contributed by atoms with van der Waals surface area (Å²) in [4.78, 5) is 12.5. The molecule has 0 aromatic carbocycles. The van der Waals surface area contributed by atoms with Gasteiger partial charge >= 0.3 is 5.97 Å². The zero-order valence-corrected chi connectivity index (χ0v) is 14.3. The number of hydrogen-bond acceptors (Lipinski definition) is 6. The molecule has 0 aromatic heterocycles. The van der Waals surface area contributed by atoms with Crippen LogP contribution in [0.15, 0.2) is 0 Å². The average molecular weight is 328 g/mol. The molecule has 1 aliphatic heterocycles. The van der Waals surface area contributed by atoms with Gasteiger partial charge in [-0.3, -0.25) is 4.79 Å². The lowest BCUT2D eigenvalue weighted by Gasteiger charge is -2.57. The van der Waals surface area contributed by atoms with Crippen molar-refractivity contribution in [2.75, 3.05) is 34.2 Å². The first-order valence-corrected chi connectivity index (χ1v) is 8.54. The van der Waals surface area contributed by atoms with E-state index in [4.69, 9.17) is 23.7 Å². The maximum atomic E-state index is 12.5. The van der Waals surface area contributed by atoms with Gasteiger partial charge in [-0.15, -0.1) is 0 Å². The van der Waals surface area contributed by atoms with Crippen LogP contribution in [-0.4, -0.2) is 52.1 Å². The summed E-state index contributed by atoms with van der Waals surface area (Å²) < 4.78 is 28.1. The Bertz CT molecular complexity index is 433. The van der Waals surface area contributed by atoms with Crippen molar-refractivity contribution in [1.29, 1.82) is 0 Å². The van der Waals surface area contributed by atoms with Crippen molar-refractivity contribution < 1.29 is 28.5 Å². The molecule has 2 saturated carbocycles. The predicted molar refractivity (Wildman–Crippen MR) is 81.6 cm³/mol. The fraction of sp³-hybridized carbons (Fsp3) is 0.941. The first-order valence-electron chi connectivity index (χ1n) is 8.54. The quantitative estimate of drug-likeness (QED) is 0.582. The van der Waals surface area contributed by atoms with E-state index in [0.29, 0.717) is 13.2 Å². The average Bonchev–Trinajstić information content (AvgIpc) is 3.03. The topological polar surface area (TPSA) is 63.2 Å². The number of fused-ring (bicyclic) bond motifs is 2. The molecule has 6 heteroatoms. The molecule has 132 valence electrons.